The minimum absolute atomic E-state index is 0. The summed E-state index contributed by atoms with van der Waals surface area (Å²) in [7, 11) is 0. The Labute approximate surface area is 141 Å². The van der Waals surface area contributed by atoms with Gasteiger partial charge >= 0.3 is 0 Å². The van der Waals surface area contributed by atoms with Gasteiger partial charge in [-0.15, -0.1) is 11.3 Å². The van der Waals surface area contributed by atoms with Crippen LogP contribution in [0.15, 0.2) is 65.6 Å². The Morgan fingerprint density at radius 1 is 0.833 bits per heavy atom. The molecule has 0 spiro atoms. The lowest BCUT2D eigenvalue weighted by Gasteiger charge is -2.02. The second-order valence-electron chi connectivity index (χ2n) is 4.83. The number of aromatic amines is 1. The van der Waals surface area contributed by atoms with E-state index in [4.69, 9.17) is 0 Å². The Balaban J connectivity index is 0.00000104. The summed E-state index contributed by atoms with van der Waals surface area (Å²) in [6.45, 7) is 0. The highest BCUT2D eigenvalue weighted by Crippen LogP contribution is 2.34. The molecule has 4 rings (SSSR count). The minimum atomic E-state index is -0.166. The monoisotopic (exact) mass is 341 g/mol. The first-order valence-electron chi connectivity index (χ1n) is 6.82. The van der Waals surface area contributed by atoms with Crippen molar-refractivity contribution in [2.45, 2.75) is 0 Å². The summed E-state index contributed by atoms with van der Waals surface area (Å²) in [5.74, 6) is 0. The van der Waals surface area contributed by atoms with E-state index in [1.807, 2.05) is 54.6 Å². The maximum atomic E-state index is 11.9. The number of nitrogens with zero attached hydrogens (tertiary/aromatic N) is 2. The van der Waals surface area contributed by atoms with Crippen LogP contribution in [-0.4, -0.2) is 26.1 Å². The fourth-order valence-electron chi connectivity index (χ4n) is 2.41. The van der Waals surface area contributed by atoms with E-state index in [9.17, 15) is 4.79 Å². The molecule has 24 heavy (non-hydrogen) atoms. The zero-order chi connectivity index (χ0) is 14.9. The molecule has 3 aromatic heterocycles. The molecular formula is C17H15N3O3S. The van der Waals surface area contributed by atoms with Gasteiger partial charge in [0.25, 0.3) is 5.56 Å². The van der Waals surface area contributed by atoms with Crippen molar-refractivity contribution in [3.8, 4) is 21.1 Å². The quantitative estimate of drug-likeness (QED) is 0.600. The van der Waals surface area contributed by atoms with Gasteiger partial charge in [0.05, 0.1) is 20.8 Å². The van der Waals surface area contributed by atoms with Crippen LogP contribution in [0.5, 0.6) is 0 Å². The number of thiophene rings is 1. The van der Waals surface area contributed by atoms with Gasteiger partial charge in [-0.25, -0.2) is 5.10 Å². The molecule has 0 aliphatic carbocycles. The third-order valence-electron chi connectivity index (χ3n) is 3.45. The smallest absolute Gasteiger partial charge is 0.272 e. The lowest BCUT2D eigenvalue weighted by molar-refractivity contribution is 0.823. The third-order valence-corrected chi connectivity index (χ3v) is 4.57. The normalized spacial score (nSPS) is 10.0. The van der Waals surface area contributed by atoms with Crippen LogP contribution in [0.25, 0.3) is 31.9 Å². The summed E-state index contributed by atoms with van der Waals surface area (Å²) in [6.07, 6.45) is 1.78. The topological polar surface area (TPSA) is 122 Å². The molecule has 122 valence electrons. The number of aromatic nitrogens is 3. The van der Waals surface area contributed by atoms with E-state index >= 15 is 0 Å². The summed E-state index contributed by atoms with van der Waals surface area (Å²) >= 11 is 1.61. The summed E-state index contributed by atoms with van der Waals surface area (Å²) in [5, 5.41) is 8.33. The molecule has 0 fully saturated rings. The number of H-pyrrole nitrogens is 1. The molecule has 0 saturated heterocycles. The van der Waals surface area contributed by atoms with Crippen LogP contribution in [-0.2, 0) is 0 Å². The van der Waals surface area contributed by atoms with Crippen LogP contribution >= 0.6 is 11.3 Å². The molecule has 0 aliphatic rings. The molecule has 0 saturated carbocycles. The largest absolute Gasteiger partial charge is 0.412 e. The van der Waals surface area contributed by atoms with E-state index in [0.717, 1.165) is 26.5 Å². The van der Waals surface area contributed by atoms with Gasteiger partial charge in [-0.3, -0.25) is 9.78 Å². The molecule has 0 bridgehead atoms. The average Bonchev–Trinajstić information content (AvgIpc) is 3.06. The fraction of sp³-hybridized carbons (Fsp3) is 0. The molecule has 7 heteroatoms. The molecule has 0 aliphatic heterocycles. The zero-order valence-corrected chi connectivity index (χ0v) is 13.3. The predicted molar refractivity (Wildman–Crippen MR) is 96.1 cm³/mol. The number of fused-ring (bicyclic) bond motifs is 1. The first-order chi connectivity index (χ1) is 10.8. The second kappa shape index (κ2) is 7.14. The Morgan fingerprint density at radius 3 is 2.29 bits per heavy atom. The molecule has 3 heterocycles. The molecule has 0 radical (unpaired) electrons. The molecule has 4 aromatic rings. The highest BCUT2D eigenvalue weighted by Gasteiger charge is 2.11. The van der Waals surface area contributed by atoms with Crippen molar-refractivity contribution < 1.29 is 11.0 Å². The van der Waals surface area contributed by atoms with Crippen LogP contribution in [0.2, 0.25) is 0 Å². The standard InChI is InChI=1S/C17H11N3OS.2H2O/c21-17-12-6-2-1-5-11(12)16(19-20-17)15-9-8-14(22-15)13-7-3-4-10-18-13;;/h1-10H,(H,20,21);2*1H2. The molecule has 0 atom stereocenters. The van der Waals surface area contributed by atoms with E-state index < -0.39 is 0 Å². The van der Waals surface area contributed by atoms with Gasteiger partial charge in [-0.1, -0.05) is 24.3 Å². The van der Waals surface area contributed by atoms with Crippen molar-refractivity contribution in [1.82, 2.24) is 15.2 Å². The minimum Gasteiger partial charge on any atom is -0.412 e. The molecule has 0 unspecified atom stereocenters. The van der Waals surface area contributed by atoms with Crippen molar-refractivity contribution in [3.63, 3.8) is 0 Å². The summed E-state index contributed by atoms with van der Waals surface area (Å²) in [4.78, 5) is 18.3. The Kier molecular flexibility index (Phi) is 5.20. The Hall–Kier alpha value is -2.87. The van der Waals surface area contributed by atoms with E-state index in [0.29, 0.717) is 5.39 Å². The van der Waals surface area contributed by atoms with Crippen molar-refractivity contribution in [1.29, 1.82) is 0 Å². The maximum Gasteiger partial charge on any atom is 0.272 e. The molecule has 6 nitrogen and oxygen atoms in total. The van der Waals surface area contributed by atoms with Crippen molar-refractivity contribution in [3.05, 3.63) is 71.1 Å². The van der Waals surface area contributed by atoms with Crippen LogP contribution < -0.4 is 5.56 Å². The summed E-state index contributed by atoms with van der Waals surface area (Å²) in [5.41, 5.74) is 1.57. The van der Waals surface area contributed by atoms with E-state index in [1.54, 1.807) is 17.5 Å². The number of benzene rings is 1. The van der Waals surface area contributed by atoms with Crippen molar-refractivity contribution in [2.24, 2.45) is 0 Å². The molecule has 1 aromatic carbocycles. The summed E-state index contributed by atoms with van der Waals surface area (Å²) < 4.78 is 0. The number of nitrogens with one attached hydrogen (secondary N) is 1. The first-order valence-corrected chi connectivity index (χ1v) is 7.63. The van der Waals surface area contributed by atoms with Gasteiger partial charge in [-0.05, 0) is 30.3 Å². The number of pyridine rings is 1. The van der Waals surface area contributed by atoms with Crippen LogP contribution in [0, 0.1) is 0 Å². The summed E-state index contributed by atoms with van der Waals surface area (Å²) in [6, 6.07) is 17.4. The van der Waals surface area contributed by atoms with Gasteiger partial charge in [-0.2, -0.15) is 5.10 Å². The van der Waals surface area contributed by atoms with Gasteiger partial charge in [0.2, 0.25) is 0 Å². The Morgan fingerprint density at radius 2 is 1.54 bits per heavy atom. The van der Waals surface area contributed by atoms with Crippen LogP contribution in [0.1, 0.15) is 0 Å². The van der Waals surface area contributed by atoms with Gasteiger partial charge in [0.15, 0.2) is 0 Å². The van der Waals surface area contributed by atoms with E-state index in [2.05, 4.69) is 15.2 Å². The second-order valence-corrected chi connectivity index (χ2v) is 5.91. The zero-order valence-electron chi connectivity index (χ0n) is 12.5. The first kappa shape index (κ1) is 17.5. The molecule has 5 N–H and O–H groups in total. The van der Waals surface area contributed by atoms with Crippen molar-refractivity contribution >= 4 is 22.1 Å². The number of hydrogen-bond acceptors (Lipinski definition) is 4. The molecular weight excluding hydrogens is 326 g/mol. The molecule has 0 amide bonds. The highest BCUT2D eigenvalue weighted by atomic mass is 32.1. The van der Waals surface area contributed by atoms with Crippen molar-refractivity contribution in [2.75, 3.05) is 0 Å². The van der Waals surface area contributed by atoms with Crippen LogP contribution in [0.3, 0.4) is 0 Å². The SMILES string of the molecule is O.O.O=c1[nH]nc(-c2ccc(-c3ccccn3)s2)c2ccccc12. The highest BCUT2D eigenvalue weighted by molar-refractivity contribution is 7.18. The van der Waals surface area contributed by atoms with Crippen LogP contribution in [0.4, 0.5) is 0 Å². The van der Waals surface area contributed by atoms with Gasteiger partial charge in [0, 0.05) is 11.6 Å². The van der Waals surface area contributed by atoms with Gasteiger partial charge < -0.3 is 11.0 Å². The lowest BCUT2D eigenvalue weighted by Crippen LogP contribution is -2.08. The fourth-order valence-corrected chi connectivity index (χ4v) is 3.40. The average molecular weight is 341 g/mol. The van der Waals surface area contributed by atoms with E-state index in [1.165, 1.54) is 0 Å². The third kappa shape index (κ3) is 2.95. The number of hydrogen-bond donors (Lipinski definition) is 1. The maximum absolute atomic E-state index is 11.9. The number of rotatable bonds is 2. The van der Waals surface area contributed by atoms with Gasteiger partial charge in [0.1, 0.15) is 5.69 Å². The van der Waals surface area contributed by atoms with E-state index in [-0.39, 0.29) is 16.5 Å². The lowest BCUT2D eigenvalue weighted by atomic mass is 10.1. The predicted octanol–water partition coefficient (Wildman–Crippen LogP) is 2.06. The Bertz CT molecular complexity index is 1010.